The number of para-hydroxylation sites is 1. The number of nitrogens with one attached hydrogen (secondary N) is 1. The number of rotatable bonds is 3. The maximum absolute atomic E-state index is 4.91. The topological polar surface area (TPSA) is 24.9 Å². The van der Waals surface area contributed by atoms with Crippen LogP contribution < -0.4 is 5.32 Å². The number of hydrogen-bond donors (Lipinski definition) is 1. The quantitative estimate of drug-likeness (QED) is 0.892. The Kier molecular flexibility index (Phi) is 4.25. The van der Waals surface area contributed by atoms with E-state index in [-0.39, 0.29) is 0 Å². The maximum Gasteiger partial charge on any atom is 0.0706 e. The number of fused-ring (bicyclic) bond motifs is 1. The van der Waals surface area contributed by atoms with Gasteiger partial charge in [0.1, 0.15) is 0 Å². The van der Waals surface area contributed by atoms with Crippen LogP contribution in [0.4, 0.5) is 0 Å². The molecule has 0 spiro atoms. The van der Waals surface area contributed by atoms with Crippen LogP contribution in [0.25, 0.3) is 10.9 Å². The second kappa shape index (κ2) is 6.15. The highest BCUT2D eigenvalue weighted by atomic mass is 14.9. The Morgan fingerprint density at radius 2 is 1.71 bits per heavy atom. The molecule has 1 saturated carbocycles. The Morgan fingerprint density at radius 1 is 1.00 bits per heavy atom. The largest absolute Gasteiger partial charge is 0.311 e. The zero-order valence-electron chi connectivity index (χ0n) is 13.3. The summed E-state index contributed by atoms with van der Waals surface area (Å²) in [5.41, 5.74) is 2.30. The SMILES string of the molecule is CNC(c1ccc2ccccc2n1)C1CC(C)CC(C)C1. The van der Waals surface area contributed by atoms with Crippen molar-refractivity contribution in [3.05, 3.63) is 42.1 Å². The van der Waals surface area contributed by atoms with Crippen LogP contribution >= 0.6 is 0 Å². The number of pyridine rings is 1. The predicted octanol–water partition coefficient (Wildman–Crippen LogP) is 4.57. The molecule has 0 aliphatic heterocycles. The summed E-state index contributed by atoms with van der Waals surface area (Å²) in [4.78, 5) is 4.91. The minimum Gasteiger partial charge on any atom is -0.311 e. The van der Waals surface area contributed by atoms with Crippen LogP contribution in [-0.4, -0.2) is 12.0 Å². The van der Waals surface area contributed by atoms with Gasteiger partial charge in [0.25, 0.3) is 0 Å². The molecular weight excluding hydrogens is 256 g/mol. The molecule has 1 aromatic heterocycles. The van der Waals surface area contributed by atoms with E-state index in [2.05, 4.69) is 62.6 Å². The van der Waals surface area contributed by atoms with E-state index in [0.717, 1.165) is 17.4 Å². The van der Waals surface area contributed by atoms with Gasteiger partial charge >= 0.3 is 0 Å². The molecule has 1 heterocycles. The Labute approximate surface area is 128 Å². The highest BCUT2D eigenvalue weighted by Gasteiger charge is 2.30. The summed E-state index contributed by atoms with van der Waals surface area (Å²) in [5, 5.41) is 4.75. The smallest absolute Gasteiger partial charge is 0.0706 e. The molecule has 1 fully saturated rings. The molecule has 2 heteroatoms. The molecule has 1 N–H and O–H groups in total. The molecule has 0 saturated heterocycles. The first-order valence-corrected chi connectivity index (χ1v) is 8.20. The number of hydrogen-bond acceptors (Lipinski definition) is 2. The highest BCUT2D eigenvalue weighted by Crippen LogP contribution is 2.39. The fourth-order valence-corrected chi connectivity index (χ4v) is 4.16. The average molecular weight is 282 g/mol. The third-order valence-electron chi connectivity index (χ3n) is 4.94. The van der Waals surface area contributed by atoms with Gasteiger partial charge in [0.15, 0.2) is 0 Å². The normalized spacial score (nSPS) is 27.7. The van der Waals surface area contributed by atoms with E-state index in [9.17, 15) is 0 Å². The minimum absolute atomic E-state index is 0.375. The fraction of sp³-hybridized carbons (Fsp3) is 0.526. The van der Waals surface area contributed by atoms with Crippen molar-refractivity contribution >= 4 is 10.9 Å². The van der Waals surface area contributed by atoms with Gasteiger partial charge in [-0.1, -0.05) is 38.1 Å². The molecule has 3 unspecified atom stereocenters. The highest BCUT2D eigenvalue weighted by molar-refractivity contribution is 5.78. The van der Waals surface area contributed by atoms with Gasteiger partial charge < -0.3 is 5.32 Å². The van der Waals surface area contributed by atoms with Crippen LogP contribution in [0, 0.1) is 17.8 Å². The summed E-state index contributed by atoms with van der Waals surface area (Å²) in [5.74, 6) is 2.35. The summed E-state index contributed by atoms with van der Waals surface area (Å²) in [6.07, 6.45) is 3.99. The summed E-state index contributed by atoms with van der Waals surface area (Å²) in [6, 6.07) is 13.2. The van der Waals surface area contributed by atoms with E-state index in [4.69, 9.17) is 4.98 Å². The molecule has 1 aliphatic carbocycles. The van der Waals surface area contributed by atoms with Crippen molar-refractivity contribution in [1.29, 1.82) is 0 Å². The number of benzene rings is 1. The van der Waals surface area contributed by atoms with Crippen LogP contribution in [-0.2, 0) is 0 Å². The van der Waals surface area contributed by atoms with Crippen molar-refractivity contribution in [2.24, 2.45) is 17.8 Å². The van der Waals surface area contributed by atoms with Gasteiger partial charge in [-0.15, -0.1) is 0 Å². The van der Waals surface area contributed by atoms with Crippen molar-refractivity contribution in [1.82, 2.24) is 10.3 Å². The second-order valence-electron chi connectivity index (χ2n) is 6.87. The van der Waals surface area contributed by atoms with Crippen LogP contribution in [0.2, 0.25) is 0 Å². The van der Waals surface area contributed by atoms with Crippen LogP contribution in [0.15, 0.2) is 36.4 Å². The molecular formula is C19H26N2. The minimum atomic E-state index is 0.375. The van der Waals surface area contributed by atoms with Gasteiger partial charge in [0.2, 0.25) is 0 Å². The van der Waals surface area contributed by atoms with Gasteiger partial charge in [-0.2, -0.15) is 0 Å². The van der Waals surface area contributed by atoms with Gasteiger partial charge in [0.05, 0.1) is 17.3 Å². The lowest BCUT2D eigenvalue weighted by Gasteiger charge is -2.36. The van der Waals surface area contributed by atoms with Crippen molar-refractivity contribution in [2.75, 3.05) is 7.05 Å². The van der Waals surface area contributed by atoms with Crippen molar-refractivity contribution in [2.45, 2.75) is 39.2 Å². The lowest BCUT2D eigenvalue weighted by Crippen LogP contribution is -2.32. The second-order valence-corrected chi connectivity index (χ2v) is 6.87. The standard InChI is InChI=1S/C19H26N2/c1-13-10-14(2)12-16(11-13)19(20-3)18-9-8-15-6-4-5-7-17(15)21-18/h4-9,13-14,16,19-20H,10-12H2,1-3H3. The van der Waals surface area contributed by atoms with E-state index in [1.54, 1.807) is 0 Å². The van der Waals surface area contributed by atoms with Crippen LogP contribution in [0.1, 0.15) is 44.8 Å². The van der Waals surface area contributed by atoms with Gasteiger partial charge in [-0.05, 0) is 56.2 Å². The lowest BCUT2D eigenvalue weighted by atomic mass is 9.73. The van der Waals surface area contributed by atoms with Crippen LogP contribution in [0.5, 0.6) is 0 Å². The van der Waals surface area contributed by atoms with Gasteiger partial charge in [-0.25, -0.2) is 0 Å². The fourth-order valence-electron chi connectivity index (χ4n) is 4.16. The van der Waals surface area contributed by atoms with E-state index >= 15 is 0 Å². The summed E-state index contributed by atoms with van der Waals surface area (Å²) in [6.45, 7) is 4.78. The molecule has 112 valence electrons. The Balaban J connectivity index is 1.90. The average Bonchev–Trinajstić information content (AvgIpc) is 2.47. The van der Waals surface area contributed by atoms with E-state index < -0.39 is 0 Å². The first-order chi connectivity index (χ1) is 10.2. The maximum atomic E-state index is 4.91. The molecule has 0 bridgehead atoms. The van der Waals surface area contributed by atoms with E-state index in [1.165, 1.54) is 30.3 Å². The first-order valence-electron chi connectivity index (χ1n) is 8.20. The monoisotopic (exact) mass is 282 g/mol. The van der Waals surface area contributed by atoms with Crippen molar-refractivity contribution in [3.8, 4) is 0 Å². The Hall–Kier alpha value is -1.41. The van der Waals surface area contributed by atoms with Gasteiger partial charge in [-0.3, -0.25) is 4.98 Å². The third-order valence-corrected chi connectivity index (χ3v) is 4.94. The number of aromatic nitrogens is 1. The van der Waals surface area contributed by atoms with Crippen molar-refractivity contribution < 1.29 is 0 Å². The molecule has 1 aromatic carbocycles. The van der Waals surface area contributed by atoms with Crippen LogP contribution in [0.3, 0.4) is 0 Å². The summed E-state index contributed by atoms with van der Waals surface area (Å²) < 4.78 is 0. The zero-order valence-corrected chi connectivity index (χ0v) is 13.3. The molecule has 0 radical (unpaired) electrons. The molecule has 21 heavy (non-hydrogen) atoms. The zero-order chi connectivity index (χ0) is 14.8. The van der Waals surface area contributed by atoms with Gasteiger partial charge in [0, 0.05) is 5.39 Å². The number of nitrogens with zero attached hydrogens (tertiary/aromatic N) is 1. The molecule has 3 rings (SSSR count). The van der Waals surface area contributed by atoms with Crippen molar-refractivity contribution in [3.63, 3.8) is 0 Å². The molecule has 1 aliphatic rings. The first kappa shape index (κ1) is 14.5. The Morgan fingerprint density at radius 3 is 2.43 bits per heavy atom. The lowest BCUT2D eigenvalue weighted by molar-refractivity contribution is 0.179. The van der Waals surface area contributed by atoms with E-state index in [1.807, 2.05) is 0 Å². The molecule has 2 nitrogen and oxygen atoms in total. The third kappa shape index (κ3) is 3.11. The molecule has 2 aromatic rings. The molecule has 0 amide bonds. The van der Waals surface area contributed by atoms with E-state index in [0.29, 0.717) is 12.0 Å². The summed E-state index contributed by atoms with van der Waals surface area (Å²) >= 11 is 0. The Bertz CT molecular complexity index is 597. The predicted molar refractivity (Wildman–Crippen MR) is 89.2 cm³/mol. The molecule has 3 atom stereocenters. The summed E-state index contributed by atoms with van der Waals surface area (Å²) in [7, 11) is 2.07.